The normalized spacial score (nSPS) is 12.2. The Morgan fingerprint density at radius 1 is 0.293 bits per heavy atom. The molecule has 12 aromatic carbocycles. The van der Waals surface area contributed by atoms with E-state index in [0.29, 0.717) is 0 Å². The Morgan fingerprint density at radius 3 is 1.24 bits per heavy atom. The van der Waals surface area contributed by atoms with Crippen LogP contribution in [-0.4, -0.2) is 0 Å². The molecule has 2 nitrogen and oxygen atoms in total. The third kappa shape index (κ3) is 7.92. The molecule has 0 unspecified atom stereocenters. The van der Waals surface area contributed by atoms with E-state index in [1.165, 1.54) is 66.4 Å². The molecule has 1 aliphatic rings. The molecule has 0 N–H and O–H groups in total. The fraction of sp³-hybridized carbons (Fsp3) is 0.0137. The van der Waals surface area contributed by atoms with Crippen LogP contribution in [0.2, 0.25) is 0 Å². The van der Waals surface area contributed by atoms with Crippen LogP contribution < -0.4 is 9.80 Å². The van der Waals surface area contributed by atoms with E-state index in [4.69, 9.17) is 0 Å². The number of hydrogen-bond acceptors (Lipinski definition) is 2. The van der Waals surface area contributed by atoms with Crippen molar-refractivity contribution in [1.29, 1.82) is 0 Å². The number of nitrogens with zero attached hydrogens (tertiary/aromatic N) is 2. The maximum atomic E-state index is 4.12. The molecule has 0 atom stereocenters. The zero-order chi connectivity index (χ0) is 50.1. The monoisotopic (exact) mass is 956 g/mol. The Bertz CT molecular complexity index is 3840. The predicted molar refractivity (Wildman–Crippen MR) is 317 cm³/mol. The maximum Gasteiger partial charge on any atom is 0.0715 e. The number of hydrogen-bond donors (Lipinski definition) is 0. The zero-order valence-electron chi connectivity index (χ0n) is 41.5. The first kappa shape index (κ1) is 45.1. The van der Waals surface area contributed by atoms with Crippen LogP contribution in [0.5, 0.6) is 0 Å². The molecule has 13 rings (SSSR count). The van der Waals surface area contributed by atoms with Gasteiger partial charge in [0.15, 0.2) is 0 Å². The first-order valence-electron chi connectivity index (χ1n) is 25.8. The highest BCUT2D eigenvalue weighted by atomic mass is 15.1. The molecule has 0 amide bonds. The van der Waals surface area contributed by atoms with Crippen molar-refractivity contribution in [3.8, 4) is 44.5 Å². The molecule has 354 valence electrons. The molecule has 0 spiro atoms. The molecule has 1 aliphatic carbocycles. The summed E-state index contributed by atoms with van der Waals surface area (Å²) in [5.41, 5.74) is 21.2. The highest BCUT2D eigenvalue weighted by molar-refractivity contribution is 6.11. The molecule has 0 bridgehead atoms. The third-order valence-electron chi connectivity index (χ3n) is 15.1. The van der Waals surface area contributed by atoms with Gasteiger partial charge in [-0.2, -0.15) is 0 Å². The van der Waals surface area contributed by atoms with E-state index in [0.717, 1.165) is 50.8 Å². The Labute approximate surface area is 440 Å². The second-order valence-electron chi connectivity index (χ2n) is 19.2. The summed E-state index contributed by atoms with van der Waals surface area (Å²) in [5.74, 6) is 0. The lowest BCUT2D eigenvalue weighted by molar-refractivity contribution is 0.769. The Balaban J connectivity index is 1.11. The van der Waals surface area contributed by atoms with Crippen molar-refractivity contribution in [2.45, 2.75) is 5.41 Å². The number of rotatable bonds is 12. The second-order valence-corrected chi connectivity index (χ2v) is 19.2. The lowest BCUT2D eigenvalue weighted by atomic mass is 9.67. The van der Waals surface area contributed by atoms with Crippen LogP contribution in [0, 0.1) is 0 Å². The van der Waals surface area contributed by atoms with Crippen LogP contribution in [0.3, 0.4) is 0 Å². The quantitative estimate of drug-likeness (QED) is 0.120. The average Bonchev–Trinajstić information content (AvgIpc) is 3.80. The smallest absolute Gasteiger partial charge is 0.0715 e. The van der Waals surface area contributed by atoms with Crippen molar-refractivity contribution in [1.82, 2.24) is 0 Å². The van der Waals surface area contributed by atoms with Gasteiger partial charge in [-0.15, -0.1) is 0 Å². The van der Waals surface area contributed by atoms with Crippen molar-refractivity contribution in [2.75, 3.05) is 9.80 Å². The van der Waals surface area contributed by atoms with Crippen LogP contribution in [0.4, 0.5) is 34.1 Å². The van der Waals surface area contributed by atoms with Gasteiger partial charge in [0.2, 0.25) is 0 Å². The second kappa shape index (κ2) is 19.3. The number of para-hydroxylation sites is 3. The van der Waals surface area contributed by atoms with Gasteiger partial charge in [0.1, 0.15) is 0 Å². The van der Waals surface area contributed by atoms with Crippen LogP contribution in [-0.2, 0) is 5.41 Å². The van der Waals surface area contributed by atoms with Crippen molar-refractivity contribution in [3.05, 3.63) is 332 Å². The molecule has 0 saturated heterocycles. The zero-order valence-corrected chi connectivity index (χ0v) is 41.5. The molecule has 0 fully saturated rings. The number of anilines is 6. The topological polar surface area (TPSA) is 6.48 Å². The molecule has 0 heterocycles. The molecule has 2 heteroatoms. The van der Waals surface area contributed by atoms with E-state index in [1.54, 1.807) is 0 Å². The van der Waals surface area contributed by atoms with E-state index in [9.17, 15) is 0 Å². The molecule has 75 heavy (non-hydrogen) atoms. The summed E-state index contributed by atoms with van der Waals surface area (Å²) in [4.78, 5) is 4.84. The molecule has 0 saturated carbocycles. The fourth-order valence-corrected chi connectivity index (χ4v) is 11.7. The lowest BCUT2D eigenvalue weighted by Crippen LogP contribution is -2.29. The molecule has 12 aromatic rings. The van der Waals surface area contributed by atoms with E-state index in [2.05, 4.69) is 314 Å². The lowest BCUT2D eigenvalue weighted by Gasteiger charge is -2.36. The van der Waals surface area contributed by atoms with Gasteiger partial charge in [-0.25, -0.2) is 0 Å². The van der Waals surface area contributed by atoms with Gasteiger partial charge >= 0.3 is 0 Å². The van der Waals surface area contributed by atoms with Gasteiger partial charge in [0.05, 0.1) is 11.1 Å². The summed E-state index contributed by atoms with van der Waals surface area (Å²) in [6, 6.07) is 109. The van der Waals surface area contributed by atoms with Crippen LogP contribution >= 0.6 is 0 Å². The van der Waals surface area contributed by atoms with Gasteiger partial charge in [0.25, 0.3) is 0 Å². The van der Waals surface area contributed by atoms with E-state index < -0.39 is 5.41 Å². The minimum atomic E-state index is -0.788. The summed E-state index contributed by atoms with van der Waals surface area (Å²) < 4.78 is 0. The van der Waals surface area contributed by atoms with Gasteiger partial charge in [-0.05, 0) is 144 Å². The summed E-state index contributed by atoms with van der Waals surface area (Å²) in [7, 11) is 0. The predicted octanol–water partition coefficient (Wildman–Crippen LogP) is 19.8. The Morgan fingerprint density at radius 2 is 0.707 bits per heavy atom. The first-order chi connectivity index (χ1) is 37.2. The highest BCUT2D eigenvalue weighted by Gasteiger charge is 2.48. The fourth-order valence-electron chi connectivity index (χ4n) is 11.7. The third-order valence-corrected chi connectivity index (χ3v) is 15.1. The van der Waals surface area contributed by atoms with Gasteiger partial charge in [-0.1, -0.05) is 243 Å². The first-order valence-corrected chi connectivity index (χ1v) is 25.8. The summed E-state index contributed by atoms with van der Waals surface area (Å²) in [6.07, 6.45) is 1.94. The highest BCUT2D eigenvalue weighted by Crippen LogP contribution is 2.61. The molecular weight excluding hydrogens is 905 g/mol. The van der Waals surface area contributed by atoms with Gasteiger partial charge in [0, 0.05) is 33.8 Å². The number of fused-ring (bicyclic) bond motifs is 5. The largest absolute Gasteiger partial charge is 0.310 e. The standard InChI is InChI=1S/C73H52N2/c1-2-52-22-18-19-33-65(52)57-40-46-63(47-41-57)74(60-27-12-5-13-28-60)64-48-49-68-69(50-64)73(58-42-36-55(37-43-58)53-23-8-3-9-24-53,59-44-38-56(39-45-59)54-25-10-4-11-26-54)70-51-71(66-34-20-21-35-67(66)72(68)70)75(61-29-14-6-15-30-61)62-31-16-7-17-32-62/h2-51H,1H2. The van der Waals surface area contributed by atoms with Gasteiger partial charge < -0.3 is 9.80 Å². The summed E-state index contributed by atoms with van der Waals surface area (Å²) in [6.45, 7) is 4.12. The van der Waals surface area contributed by atoms with Crippen molar-refractivity contribution >= 4 is 51.0 Å². The molecule has 0 aromatic heterocycles. The van der Waals surface area contributed by atoms with Crippen LogP contribution in [0.15, 0.2) is 304 Å². The molecular formula is C73H52N2. The average molecular weight is 957 g/mol. The Hall–Kier alpha value is -9.76. The summed E-state index contributed by atoms with van der Waals surface area (Å²) >= 11 is 0. The van der Waals surface area contributed by atoms with Crippen molar-refractivity contribution < 1.29 is 0 Å². The van der Waals surface area contributed by atoms with Gasteiger partial charge in [-0.3, -0.25) is 0 Å². The van der Waals surface area contributed by atoms with E-state index in [-0.39, 0.29) is 0 Å². The molecule has 0 radical (unpaired) electrons. The molecule has 0 aliphatic heterocycles. The minimum Gasteiger partial charge on any atom is -0.310 e. The van der Waals surface area contributed by atoms with Crippen molar-refractivity contribution in [3.63, 3.8) is 0 Å². The SMILES string of the molecule is C=Cc1ccccc1-c1ccc(N(c2ccccc2)c2ccc3c(c2)C(c2ccc(-c4ccccc4)cc2)(c2ccc(-c4ccccc4)cc2)c2cc(N(c4ccccc4)c4ccccc4)c4ccccc4c2-3)cc1. The summed E-state index contributed by atoms with van der Waals surface area (Å²) in [5, 5.41) is 2.38. The van der Waals surface area contributed by atoms with E-state index in [1.807, 2.05) is 6.08 Å². The van der Waals surface area contributed by atoms with Crippen LogP contribution in [0.25, 0.3) is 61.4 Å². The van der Waals surface area contributed by atoms with Crippen LogP contribution in [0.1, 0.15) is 27.8 Å². The van der Waals surface area contributed by atoms with E-state index >= 15 is 0 Å². The maximum absolute atomic E-state index is 4.12. The Kier molecular flexibility index (Phi) is 11.6. The number of benzene rings is 12. The minimum absolute atomic E-state index is 0.788. The van der Waals surface area contributed by atoms with Crippen molar-refractivity contribution in [2.24, 2.45) is 0 Å².